The number of aryl methyl sites for hydroxylation is 2. The van der Waals surface area contributed by atoms with Crippen LogP contribution in [0.1, 0.15) is 18.4 Å². The fourth-order valence-electron chi connectivity index (χ4n) is 2.09. The number of anilines is 1. The third-order valence-corrected chi connectivity index (χ3v) is 3.20. The monoisotopic (exact) mass is 287 g/mol. The van der Waals surface area contributed by atoms with Crippen LogP contribution in [0, 0.1) is 0 Å². The van der Waals surface area contributed by atoms with Gasteiger partial charge in [0.1, 0.15) is 0 Å². The zero-order valence-electron chi connectivity index (χ0n) is 12.1. The van der Waals surface area contributed by atoms with Gasteiger partial charge in [-0.3, -0.25) is 9.78 Å². The van der Waals surface area contributed by atoms with Crippen LogP contribution in [0.5, 0.6) is 0 Å². The topological polar surface area (TPSA) is 70.1 Å². The zero-order chi connectivity index (χ0) is 14.9. The maximum atomic E-state index is 11.6. The highest BCUT2D eigenvalue weighted by molar-refractivity contribution is 5.33. The number of hydrogen-bond donors (Lipinski definition) is 1. The summed E-state index contributed by atoms with van der Waals surface area (Å²) in [4.78, 5) is 15.5. The maximum Gasteiger partial charge on any atom is 0.250 e. The molecule has 5 heteroatoms. The molecule has 0 aliphatic rings. The molecule has 2 aromatic rings. The molecule has 0 atom stereocenters. The summed E-state index contributed by atoms with van der Waals surface area (Å²) in [5, 5.41) is 0. The fraction of sp³-hybridized carbons (Fsp3) is 0.375. The van der Waals surface area contributed by atoms with Gasteiger partial charge in [0.25, 0.3) is 5.56 Å². The molecule has 0 bridgehead atoms. The number of ether oxygens (including phenoxy) is 1. The Kier molecular flexibility index (Phi) is 5.97. The van der Waals surface area contributed by atoms with Gasteiger partial charge in [0, 0.05) is 50.1 Å². The van der Waals surface area contributed by atoms with Crippen LogP contribution >= 0.6 is 0 Å². The number of nitrogens with zero attached hydrogens (tertiary/aromatic N) is 2. The van der Waals surface area contributed by atoms with E-state index in [1.807, 2.05) is 12.1 Å². The molecule has 0 radical (unpaired) electrons. The smallest absolute Gasteiger partial charge is 0.250 e. The summed E-state index contributed by atoms with van der Waals surface area (Å²) in [6.07, 6.45) is 8.07. The normalized spacial score (nSPS) is 10.7. The highest BCUT2D eigenvalue weighted by Crippen LogP contribution is 2.01. The van der Waals surface area contributed by atoms with E-state index in [2.05, 4.69) is 4.98 Å². The van der Waals surface area contributed by atoms with Crippen molar-refractivity contribution in [2.45, 2.75) is 25.8 Å². The van der Waals surface area contributed by atoms with Gasteiger partial charge in [-0.05, 0) is 43.0 Å². The summed E-state index contributed by atoms with van der Waals surface area (Å²) < 4.78 is 7.21. The second-order valence-corrected chi connectivity index (χ2v) is 4.92. The molecule has 0 aromatic carbocycles. The Labute approximate surface area is 124 Å². The van der Waals surface area contributed by atoms with Crippen molar-refractivity contribution in [1.29, 1.82) is 0 Å². The van der Waals surface area contributed by atoms with E-state index in [4.69, 9.17) is 10.5 Å². The standard InChI is InChI=1S/C16H21N3O2/c17-15-4-5-16(20)19(13-15)10-2-12-21-11-1-3-14-6-8-18-9-7-14/h4-9,13H,1-3,10-12,17H2. The van der Waals surface area contributed by atoms with Crippen molar-refractivity contribution in [3.63, 3.8) is 0 Å². The van der Waals surface area contributed by atoms with E-state index in [1.54, 1.807) is 29.2 Å². The van der Waals surface area contributed by atoms with Crippen LogP contribution in [0.2, 0.25) is 0 Å². The molecule has 2 heterocycles. The second-order valence-electron chi connectivity index (χ2n) is 4.92. The van der Waals surface area contributed by atoms with Crippen molar-refractivity contribution in [1.82, 2.24) is 9.55 Å². The lowest BCUT2D eigenvalue weighted by molar-refractivity contribution is 0.126. The SMILES string of the molecule is Nc1ccc(=O)n(CCCOCCCc2ccncc2)c1. The van der Waals surface area contributed by atoms with Gasteiger partial charge in [0.2, 0.25) is 0 Å². The molecular formula is C16H21N3O2. The first-order chi connectivity index (χ1) is 10.3. The fourth-order valence-corrected chi connectivity index (χ4v) is 2.09. The molecule has 5 nitrogen and oxygen atoms in total. The average Bonchev–Trinajstić information content (AvgIpc) is 2.50. The van der Waals surface area contributed by atoms with E-state index in [-0.39, 0.29) is 5.56 Å². The van der Waals surface area contributed by atoms with Crippen LogP contribution in [0.3, 0.4) is 0 Å². The molecule has 2 aromatic heterocycles. The van der Waals surface area contributed by atoms with Crippen molar-refractivity contribution in [2.24, 2.45) is 0 Å². The molecule has 0 aliphatic carbocycles. The summed E-state index contributed by atoms with van der Waals surface area (Å²) >= 11 is 0. The average molecular weight is 287 g/mol. The van der Waals surface area contributed by atoms with Gasteiger partial charge in [-0.15, -0.1) is 0 Å². The first kappa shape index (κ1) is 15.3. The number of rotatable bonds is 8. The van der Waals surface area contributed by atoms with Crippen molar-refractivity contribution < 1.29 is 4.74 Å². The zero-order valence-corrected chi connectivity index (χ0v) is 12.1. The van der Waals surface area contributed by atoms with Gasteiger partial charge < -0.3 is 15.0 Å². The van der Waals surface area contributed by atoms with Gasteiger partial charge in [0.15, 0.2) is 0 Å². The Morgan fingerprint density at radius 2 is 1.86 bits per heavy atom. The lowest BCUT2D eigenvalue weighted by Gasteiger charge is -2.07. The summed E-state index contributed by atoms with van der Waals surface area (Å²) in [6.45, 7) is 2.01. The summed E-state index contributed by atoms with van der Waals surface area (Å²) in [5.74, 6) is 0. The molecule has 21 heavy (non-hydrogen) atoms. The molecule has 0 saturated heterocycles. The minimum atomic E-state index is -0.0260. The number of nitrogen functional groups attached to an aromatic ring is 1. The Hall–Kier alpha value is -2.14. The highest BCUT2D eigenvalue weighted by atomic mass is 16.5. The number of aromatic nitrogens is 2. The first-order valence-corrected chi connectivity index (χ1v) is 7.18. The minimum Gasteiger partial charge on any atom is -0.398 e. The van der Waals surface area contributed by atoms with Gasteiger partial charge in [-0.2, -0.15) is 0 Å². The van der Waals surface area contributed by atoms with Gasteiger partial charge in [0.05, 0.1) is 0 Å². The molecule has 2 N–H and O–H groups in total. The molecule has 0 saturated carbocycles. The van der Waals surface area contributed by atoms with Crippen LogP contribution in [-0.2, 0) is 17.7 Å². The van der Waals surface area contributed by atoms with Crippen LogP contribution < -0.4 is 11.3 Å². The summed E-state index contributed by atoms with van der Waals surface area (Å²) in [6, 6.07) is 7.15. The largest absolute Gasteiger partial charge is 0.398 e. The third kappa shape index (κ3) is 5.39. The van der Waals surface area contributed by atoms with Crippen LogP contribution in [0.15, 0.2) is 47.7 Å². The van der Waals surface area contributed by atoms with Gasteiger partial charge in [-0.25, -0.2) is 0 Å². The quantitative estimate of drug-likeness (QED) is 0.752. The Morgan fingerprint density at radius 1 is 1.10 bits per heavy atom. The molecule has 0 amide bonds. The second kappa shape index (κ2) is 8.21. The molecule has 112 valence electrons. The molecule has 2 rings (SSSR count). The number of pyridine rings is 2. The van der Waals surface area contributed by atoms with Crippen molar-refractivity contribution in [2.75, 3.05) is 18.9 Å². The third-order valence-electron chi connectivity index (χ3n) is 3.20. The van der Waals surface area contributed by atoms with Crippen LogP contribution in [-0.4, -0.2) is 22.8 Å². The molecule has 0 fully saturated rings. The van der Waals surface area contributed by atoms with Crippen LogP contribution in [0.25, 0.3) is 0 Å². The van der Waals surface area contributed by atoms with Gasteiger partial charge in [-0.1, -0.05) is 0 Å². The molecule has 0 spiro atoms. The lowest BCUT2D eigenvalue weighted by atomic mass is 10.1. The van der Waals surface area contributed by atoms with E-state index in [0.717, 1.165) is 25.9 Å². The Balaban J connectivity index is 1.58. The molecule has 0 unspecified atom stereocenters. The predicted molar refractivity (Wildman–Crippen MR) is 83.1 cm³/mol. The van der Waals surface area contributed by atoms with E-state index >= 15 is 0 Å². The van der Waals surface area contributed by atoms with Crippen molar-refractivity contribution in [3.8, 4) is 0 Å². The molecule has 0 aliphatic heterocycles. The summed E-state index contributed by atoms with van der Waals surface area (Å²) in [5.41, 5.74) is 7.51. The minimum absolute atomic E-state index is 0.0260. The van der Waals surface area contributed by atoms with E-state index in [0.29, 0.717) is 18.8 Å². The lowest BCUT2D eigenvalue weighted by Crippen LogP contribution is -2.19. The van der Waals surface area contributed by atoms with Crippen LogP contribution in [0.4, 0.5) is 5.69 Å². The van der Waals surface area contributed by atoms with Crippen molar-refractivity contribution >= 4 is 5.69 Å². The number of nitrogens with two attached hydrogens (primary N) is 1. The van der Waals surface area contributed by atoms with E-state index < -0.39 is 0 Å². The van der Waals surface area contributed by atoms with Gasteiger partial charge >= 0.3 is 0 Å². The van der Waals surface area contributed by atoms with E-state index in [1.165, 1.54) is 11.6 Å². The predicted octanol–water partition coefficient (Wildman–Crippen LogP) is 1.86. The Bertz CT molecular complexity index is 596. The maximum absolute atomic E-state index is 11.6. The molecular weight excluding hydrogens is 266 g/mol. The summed E-state index contributed by atoms with van der Waals surface area (Å²) in [7, 11) is 0. The first-order valence-electron chi connectivity index (χ1n) is 7.18. The Morgan fingerprint density at radius 3 is 2.67 bits per heavy atom. The van der Waals surface area contributed by atoms with Crippen molar-refractivity contribution in [3.05, 3.63) is 58.8 Å². The highest BCUT2D eigenvalue weighted by Gasteiger charge is 1.97. The number of hydrogen-bond acceptors (Lipinski definition) is 4. The van der Waals surface area contributed by atoms with E-state index in [9.17, 15) is 4.79 Å².